The first kappa shape index (κ1) is 11.5. The number of aromatic carboxylic acids is 1. The summed E-state index contributed by atoms with van der Waals surface area (Å²) < 4.78 is 37.8. The molecular formula is C11H8F3NO2. The van der Waals surface area contributed by atoms with Crippen molar-refractivity contribution in [1.82, 2.24) is 4.57 Å². The van der Waals surface area contributed by atoms with Gasteiger partial charge in [-0.2, -0.15) is 13.2 Å². The van der Waals surface area contributed by atoms with Gasteiger partial charge in [-0.05, 0) is 24.3 Å². The molecule has 0 fully saturated rings. The molecule has 0 amide bonds. The summed E-state index contributed by atoms with van der Waals surface area (Å²) in [6.45, 7) is -1.08. The molecule has 2 rings (SSSR count). The lowest BCUT2D eigenvalue weighted by Crippen LogP contribution is -2.16. The highest BCUT2D eigenvalue weighted by Crippen LogP contribution is 2.23. The lowest BCUT2D eigenvalue weighted by Gasteiger charge is -2.08. The number of carboxylic acids is 1. The van der Waals surface area contributed by atoms with Crippen LogP contribution in [0.25, 0.3) is 10.9 Å². The number of alkyl halides is 3. The van der Waals surface area contributed by atoms with Gasteiger partial charge in [-0.3, -0.25) is 0 Å². The Morgan fingerprint density at radius 3 is 2.59 bits per heavy atom. The largest absolute Gasteiger partial charge is 0.478 e. The molecule has 0 spiro atoms. The van der Waals surface area contributed by atoms with Crippen LogP contribution in [-0.4, -0.2) is 21.8 Å². The molecule has 0 aliphatic heterocycles. The van der Waals surface area contributed by atoms with Crippen LogP contribution < -0.4 is 0 Å². The van der Waals surface area contributed by atoms with E-state index in [-0.39, 0.29) is 5.56 Å². The van der Waals surface area contributed by atoms with Gasteiger partial charge in [0.1, 0.15) is 6.54 Å². The summed E-state index contributed by atoms with van der Waals surface area (Å²) in [6, 6.07) is 5.49. The number of fused-ring (bicyclic) bond motifs is 1. The third kappa shape index (κ3) is 2.41. The van der Waals surface area contributed by atoms with E-state index in [2.05, 4.69) is 0 Å². The highest BCUT2D eigenvalue weighted by molar-refractivity contribution is 5.93. The van der Waals surface area contributed by atoms with Gasteiger partial charge in [-0.1, -0.05) is 0 Å². The van der Waals surface area contributed by atoms with Crippen LogP contribution in [0.5, 0.6) is 0 Å². The van der Waals surface area contributed by atoms with Crippen LogP contribution in [0.15, 0.2) is 30.5 Å². The van der Waals surface area contributed by atoms with Crippen LogP contribution in [0.2, 0.25) is 0 Å². The second-order valence-corrected chi connectivity index (χ2v) is 3.64. The van der Waals surface area contributed by atoms with Gasteiger partial charge in [0.25, 0.3) is 0 Å². The summed E-state index contributed by atoms with van der Waals surface area (Å²) >= 11 is 0. The van der Waals surface area contributed by atoms with Crippen molar-refractivity contribution in [1.29, 1.82) is 0 Å². The van der Waals surface area contributed by atoms with E-state index >= 15 is 0 Å². The molecule has 0 unspecified atom stereocenters. The zero-order chi connectivity index (χ0) is 12.6. The van der Waals surface area contributed by atoms with Gasteiger partial charge in [0.05, 0.1) is 5.56 Å². The first-order valence-corrected chi connectivity index (χ1v) is 4.76. The monoisotopic (exact) mass is 243 g/mol. The molecule has 0 aliphatic carbocycles. The molecule has 0 saturated carbocycles. The average molecular weight is 243 g/mol. The minimum atomic E-state index is -4.29. The molecule has 0 aliphatic rings. The molecule has 6 heteroatoms. The zero-order valence-corrected chi connectivity index (χ0v) is 8.53. The number of hydrogen-bond acceptors (Lipinski definition) is 1. The molecule has 0 radical (unpaired) electrons. The average Bonchev–Trinajstić information content (AvgIpc) is 2.58. The fraction of sp³-hybridized carbons (Fsp3) is 0.182. The van der Waals surface area contributed by atoms with Crippen molar-refractivity contribution in [2.24, 2.45) is 0 Å². The van der Waals surface area contributed by atoms with Crippen molar-refractivity contribution >= 4 is 16.9 Å². The molecule has 90 valence electrons. The number of benzene rings is 1. The van der Waals surface area contributed by atoms with Crippen molar-refractivity contribution in [2.75, 3.05) is 0 Å². The van der Waals surface area contributed by atoms with Gasteiger partial charge in [0.15, 0.2) is 0 Å². The molecule has 1 N–H and O–H groups in total. The number of halogens is 3. The van der Waals surface area contributed by atoms with Gasteiger partial charge in [-0.25, -0.2) is 4.79 Å². The first-order chi connectivity index (χ1) is 7.87. The van der Waals surface area contributed by atoms with Gasteiger partial charge in [0, 0.05) is 17.1 Å². The van der Waals surface area contributed by atoms with Crippen molar-refractivity contribution in [3.8, 4) is 0 Å². The van der Waals surface area contributed by atoms with E-state index in [9.17, 15) is 18.0 Å². The maximum Gasteiger partial charge on any atom is 0.406 e. The normalized spacial score (nSPS) is 11.9. The van der Waals surface area contributed by atoms with Gasteiger partial charge in [-0.15, -0.1) is 0 Å². The SMILES string of the molecule is O=C(O)c1ccc2c(ccn2CC(F)(F)F)c1. The Morgan fingerprint density at radius 1 is 1.29 bits per heavy atom. The van der Waals surface area contributed by atoms with E-state index in [0.717, 1.165) is 4.57 Å². The number of carbonyl (C=O) groups is 1. The predicted octanol–water partition coefficient (Wildman–Crippen LogP) is 2.90. The lowest BCUT2D eigenvalue weighted by atomic mass is 10.1. The number of hydrogen-bond donors (Lipinski definition) is 1. The van der Waals surface area contributed by atoms with Crippen LogP contribution in [0.1, 0.15) is 10.4 Å². The van der Waals surface area contributed by atoms with E-state index in [4.69, 9.17) is 5.11 Å². The second-order valence-electron chi connectivity index (χ2n) is 3.64. The Labute approximate surface area is 94.1 Å². The fourth-order valence-corrected chi connectivity index (χ4v) is 1.66. The van der Waals surface area contributed by atoms with Crippen molar-refractivity contribution < 1.29 is 23.1 Å². The number of rotatable bonds is 2. The summed E-state index contributed by atoms with van der Waals surface area (Å²) in [6.07, 6.45) is -3.00. The number of carboxylic acid groups (broad SMARTS) is 1. The topological polar surface area (TPSA) is 42.2 Å². The zero-order valence-electron chi connectivity index (χ0n) is 8.53. The lowest BCUT2D eigenvalue weighted by molar-refractivity contribution is -0.139. The molecule has 1 aromatic carbocycles. The van der Waals surface area contributed by atoms with Crippen molar-refractivity contribution in [3.63, 3.8) is 0 Å². The molecule has 2 aromatic rings. The molecule has 1 aromatic heterocycles. The van der Waals surface area contributed by atoms with E-state index in [1.807, 2.05) is 0 Å². The molecule has 0 bridgehead atoms. The van der Waals surface area contributed by atoms with Crippen LogP contribution in [0.3, 0.4) is 0 Å². The third-order valence-electron chi connectivity index (χ3n) is 2.37. The van der Waals surface area contributed by atoms with Gasteiger partial charge in [0.2, 0.25) is 0 Å². The van der Waals surface area contributed by atoms with Gasteiger partial charge >= 0.3 is 12.1 Å². The molecule has 1 heterocycles. The standard InChI is InChI=1S/C11H8F3NO2/c12-11(13,14)6-15-4-3-7-5-8(10(16)17)1-2-9(7)15/h1-5H,6H2,(H,16,17). The van der Waals surface area contributed by atoms with E-state index in [1.165, 1.54) is 30.5 Å². The smallest absolute Gasteiger partial charge is 0.406 e. The van der Waals surface area contributed by atoms with E-state index in [0.29, 0.717) is 10.9 Å². The van der Waals surface area contributed by atoms with Crippen molar-refractivity contribution in [3.05, 3.63) is 36.0 Å². The Balaban J connectivity index is 2.45. The summed E-state index contributed by atoms with van der Waals surface area (Å²) in [4.78, 5) is 10.7. The van der Waals surface area contributed by atoms with Crippen LogP contribution >= 0.6 is 0 Å². The maximum atomic E-state index is 12.2. The number of aromatic nitrogens is 1. The Morgan fingerprint density at radius 2 is 2.00 bits per heavy atom. The fourth-order valence-electron chi connectivity index (χ4n) is 1.66. The maximum absolute atomic E-state index is 12.2. The number of nitrogens with zero attached hydrogens (tertiary/aromatic N) is 1. The van der Waals surface area contributed by atoms with Crippen LogP contribution in [0, 0.1) is 0 Å². The van der Waals surface area contributed by atoms with E-state index < -0.39 is 18.7 Å². The Kier molecular flexibility index (Phi) is 2.57. The van der Waals surface area contributed by atoms with E-state index in [1.54, 1.807) is 0 Å². The van der Waals surface area contributed by atoms with Crippen LogP contribution in [0.4, 0.5) is 13.2 Å². The summed E-state index contributed by atoms with van der Waals surface area (Å²) in [5.41, 5.74) is 0.426. The Bertz CT molecular complexity index is 572. The predicted molar refractivity (Wildman–Crippen MR) is 55.0 cm³/mol. The summed E-state index contributed by atoms with van der Waals surface area (Å²) in [5, 5.41) is 9.23. The third-order valence-corrected chi connectivity index (χ3v) is 2.37. The highest BCUT2D eigenvalue weighted by atomic mass is 19.4. The second kappa shape index (κ2) is 3.80. The highest BCUT2D eigenvalue weighted by Gasteiger charge is 2.28. The molecule has 0 atom stereocenters. The molecule has 3 nitrogen and oxygen atoms in total. The van der Waals surface area contributed by atoms with Gasteiger partial charge < -0.3 is 9.67 Å². The minimum Gasteiger partial charge on any atom is -0.478 e. The minimum absolute atomic E-state index is 0.0576. The molecular weight excluding hydrogens is 235 g/mol. The molecule has 17 heavy (non-hydrogen) atoms. The van der Waals surface area contributed by atoms with Crippen molar-refractivity contribution in [2.45, 2.75) is 12.7 Å². The first-order valence-electron chi connectivity index (χ1n) is 4.76. The van der Waals surface area contributed by atoms with Crippen LogP contribution in [-0.2, 0) is 6.54 Å². The quantitative estimate of drug-likeness (QED) is 0.881. The summed E-state index contributed by atoms with van der Waals surface area (Å²) in [7, 11) is 0. The summed E-state index contributed by atoms with van der Waals surface area (Å²) in [5.74, 6) is -1.10. The molecule has 0 saturated heterocycles. The Hall–Kier alpha value is -1.98.